The number of hydrogen-bond acceptors (Lipinski definition) is 3. The minimum Gasteiger partial charge on any atom is -0.332 e. The maximum absolute atomic E-state index is 12.7. The molecular formula is C14H18ClN3O2S. The standard InChI is InChI=1S/C14H18ClN3O2S/c1-2-13-16-10-14(17-13)21(19,20)18(9-8-15)11-12-6-4-3-5-7-12/h3-7,10H,2,8-9,11H2,1H3,(H,16,17). The Balaban J connectivity index is 2.27. The van der Waals surface area contributed by atoms with Gasteiger partial charge in [-0.2, -0.15) is 4.31 Å². The molecule has 1 aromatic heterocycles. The summed E-state index contributed by atoms with van der Waals surface area (Å²) in [6, 6.07) is 9.44. The molecule has 2 aromatic rings. The first-order chi connectivity index (χ1) is 10.1. The number of nitrogens with zero attached hydrogens (tertiary/aromatic N) is 2. The summed E-state index contributed by atoms with van der Waals surface area (Å²) in [6.07, 6.45) is 2.02. The third-order valence-corrected chi connectivity index (χ3v) is 5.02. The second-order valence-electron chi connectivity index (χ2n) is 4.56. The lowest BCUT2D eigenvalue weighted by Crippen LogP contribution is -2.32. The van der Waals surface area contributed by atoms with Gasteiger partial charge < -0.3 is 4.98 Å². The topological polar surface area (TPSA) is 66.1 Å². The number of sulfonamides is 1. The number of hydrogen-bond donors (Lipinski definition) is 1. The maximum Gasteiger partial charge on any atom is 0.260 e. The van der Waals surface area contributed by atoms with Crippen molar-refractivity contribution in [3.8, 4) is 0 Å². The lowest BCUT2D eigenvalue weighted by molar-refractivity contribution is 0.423. The predicted octanol–water partition coefficient (Wildman–Crippen LogP) is 2.40. The van der Waals surface area contributed by atoms with Gasteiger partial charge in [-0.3, -0.25) is 0 Å². The Morgan fingerprint density at radius 2 is 2.00 bits per heavy atom. The number of aryl methyl sites for hydroxylation is 1. The van der Waals surface area contributed by atoms with E-state index >= 15 is 0 Å². The van der Waals surface area contributed by atoms with Crippen molar-refractivity contribution in [2.75, 3.05) is 12.4 Å². The summed E-state index contributed by atoms with van der Waals surface area (Å²) in [6.45, 7) is 2.45. The zero-order valence-electron chi connectivity index (χ0n) is 11.8. The van der Waals surface area contributed by atoms with E-state index in [-0.39, 0.29) is 24.0 Å². The molecule has 0 unspecified atom stereocenters. The Morgan fingerprint density at radius 1 is 1.29 bits per heavy atom. The fraction of sp³-hybridized carbons (Fsp3) is 0.357. The van der Waals surface area contributed by atoms with Crippen LogP contribution in [-0.2, 0) is 23.0 Å². The van der Waals surface area contributed by atoms with Crippen molar-refractivity contribution < 1.29 is 8.42 Å². The zero-order valence-corrected chi connectivity index (χ0v) is 13.4. The Bertz CT molecular complexity index is 671. The van der Waals surface area contributed by atoms with Crippen LogP contribution in [0.25, 0.3) is 0 Å². The molecule has 0 radical (unpaired) electrons. The number of halogens is 1. The largest absolute Gasteiger partial charge is 0.332 e. The molecule has 7 heteroatoms. The van der Waals surface area contributed by atoms with Gasteiger partial charge in [0.15, 0.2) is 5.03 Å². The van der Waals surface area contributed by atoms with Crippen molar-refractivity contribution in [3.63, 3.8) is 0 Å². The Labute approximate surface area is 130 Å². The summed E-state index contributed by atoms with van der Waals surface area (Å²) in [7, 11) is -3.62. The van der Waals surface area contributed by atoms with E-state index < -0.39 is 10.0 Å². The molecule has 0 spiro atoms. The molecule has 114 valence electrons. The summed E-state index contributed by atoms with van der Waals surface area (Å²) in [5.41, 5.74) is 0.918. The third-order valence-electron chi connectivity index (χ3n) is 3.09. The van der Waals surface area contributed by atoms with Crippen LogP contribution in [0.1, 0.15) is 18.3 Å². The van der Waals surface area contributed by atoms with Crippen molar-refractivity contribution in [3.05, 3.63) is 47.9 Å². The van der Waals surface area contributed by atoms with E-state index in [4.69, 9.17) is 11.6 Å². The molecular weight excluding hydrogens is 310 g/mol. The minimum atomic E-state index is -3.62. The molecule has 0 bridgehead atoms. The van der Waals surface area contributed by atoms with E-state index in [1.165, 1.54) is 10.5 Å². The highest BCUT2D eigenvalue weighted by Crippen LogP contribution is 2.17. The van der Waals surface area contributed by atoms with Gasteiger partial charge in [0.05, 0.1) is 6.20 Å². The average Bonchev–Trinajstić information content (AvgIpc) is 2.97. The molecule has 0 aliphatic rings. The number of benzene rings is 1. The Hall–Kier alpha value is -1.37. The predicted molar refractivity (Wildman–Crippen MR) is 82.7 cm³/mol. The van der Waals surface area contributed by atoms with Gasteiger partial charge in [-0.15, -0.1) is 11.6 Å². The number of rotatable bonds is 7. The smallest absolute Gasteiger partial charge is 0.260 e. The maximum atomic E-state index is 12.7. The van der Waals surface area contributed by atoms with Crippen LogP contribution in [0.15, 0.2) is 41.6 Å². The number of nitrogens with one attached hydrogen (secondary N) is 1. The summed E-state index contributed by atoms with van der Waals surface area (Å²) in [5, 5.41) is 0.111. The monoisotopic (exact) mass is 327 g/mol. The molecule has 0 atom stereocenters. The van der Waals surface area contributed by atoms with Crippen molar-refractivity contribution in [2.24, 2.45) is 0 Å². The zero-order chi connectivity index (χ0) is 15.3. The van der Waals surface area contributed by atoms with Gasteiger partial charge in [0.25, 0.3) is 10.0 Å². The van der Waals surface area contributed by atoms with Crippen molar-refractivity contribution in [1.82, 2.24) is 14.3 Å². The average molecular weight is 328 g/mol. The highest BCUT2D eigenvalue weighted by atomic mass is 35.5. The molecule has 0 amide bonds. The van der Waals surface area contributed by atoms with Crippen LogP contribution in [0.3, 0.4) is 0 Å². The van der Waals surface area contributed by atoms with Crippen LogP contribution in [0.4, 0.5) is 0 Å². The molecule has 21 heavy (non-hydrogen) atoms. The highest BCUT2D eigenvalue weighted by molar-refractivity contribution is 7.89. The summed E-state index contributed by atoms with van der Waals surface area (Å²) >= 11 is 5.76. The molecule has 0 saturated heterocycles. The Kier molecular flexibility index (Phi) is 5.39. The first-order valence-corrected chi connectivity index (χ1v) is 8.69. The van der Waals surface area contributed by atoms with Gasteiger partial charge >= 0.3 is 0 Å². The fourth-order valence-electron chi connectivity index (χ4n) is 1.96. The van der Waals surface area contributed by atoms with E-state index in [9.17, 15) is 8.42 Å². The number of H-pyrrole nitrogens is 1. The molecule has 0 aliphatic heterocycles. The number of imidazole rings is 1. The number of aromatic amines is 1. The summed E-state index contributed by atoms with van der Waals surface area (Å²) in [4.78, 5) is 6.90. The van der Waals surface area contributed by atoms with Gasteiger partial charge in [-0.05, 0) is 5.56 Å². The molecule has 1 heterocycles. The third kappa shape index (κ3) is 3.84. The van der Waals surface area contributed by atoms with Crippen LogP contribution in [0, 0.1) is 0 Å². The van der Waals surface area contributed by atoms with E-state index in [1.807, 2.05) is 37.3 Å². The van der Waals surface area contributed by atoms with E-state index in [2.05, 4.69) is 9.97 Å². The number of alkyl halides is 1. The van der Waals surface area contributed by atoms with Gasteiger partial charge in [0.2, 0.25) is 0 Å². The lowest BCUT2D eigenvalue weighted by atomic mass is 10.2. The van der Waals surface area contributed by atoms with Gasteiger partial charge in [-0.25, -0.2) is 13.4 Å². The normalized spacial score (nSPS) is 12.0. The van der Waals surface area contributed by atoms with E-state index in [1.54, 1.807) is 0 Å². The van der Waals surface area contributed by atoms with Gasteiger partial charge in [0, 0.05) is 25.4 Å². The minimum absolute atomic E-state index is 0.111. The van der Waals surface area contributed by atoms with E-state index in [0.717, 1.165) is 5.56 Å². The summed E-state index contributed by atoms with van der Waals surface area (Å²) in [5.74, 6) is 0.889. The second kappa shape index (κ2) is 7.06. The van der Waals surface area contributed by atoms with Crippen molar-refractivity contribution in [1.29, 1.82) is 0 Å². The quantitative estimate of drug-likeness (QED) is 0.794. The first-order valence-electron chi connectivity index (χ1n) is 6.72. The molecule has 5 nitrogen and oxygen atoms in total. The van der Waals surface area contributed by atoms with Gasteiger partial charge in [0.1, 0.15) is 5.82 Å². The molecule has 1 N–H and O–H groups in total. The lowest BCUT2D eigenvalue weighted by Gasteiger charge is -2.20. The number of aromatic nitrogens is 2. The molecule has 0 saturated carbocycles. The van der Waals surface area contributed by atoms with Crippen LogP contribution in [0.2, 0.25) is 0 Å². The van der Waals surface area contributed by atoms with Crippen LogP contribution in [0.5, 0.6) is 0 Å². The van der Waals surface area contributed by atoms with Crippen molar-refractivity contribution >= 4 is 21.6 Å². The molecule has 1 aromatic carbocycles. The molecule has 0 fully saturated rings. The first kappa shape index (κ1) is 16.0. The van der Waals surface area contributed by atoms with Crippen molar-refractivity contribution in [2.45, 2.75) is 24.9 Å². The van der Waals surface area contributed by atoms with E-state index in [0.29, 0.717) is 12.2 Å². The second-order valence-corrected chi connectivity index (χ2v) is 6.85. The summed E-state index contributed by atoms with van der Waals surface area (Å²) < 4.78 is 26.7. The fourth-order valence-corrected chi connectivity index (χ4v) is 3.62. The van der Waals surface area contributed by atoms with Gasteiger partial charge in [-0.1, -0.05) is 37.3 Å². The molecule has 2 rings (SSSR count). The van der Waals surface area contributed by atoms with Crippen LogP contribution in [-0.4, -0.2) is 35.1 Å². The SMILES string of the molecule is CCc1ncc(S(=O)(=O)N(CCCl)Cc2ccccc2)[nH]1. The van der Waals surface area contributed by atoms with Crippen LogP contribution >= 0.6 is 11.6 Å². The van der Waals surface area contributed by atoms with Crippen LogP contribution < -0.4 is 0 Å². The Morgan fingerprint density at radius 3 is 2.57 bits per heavy atom. The molecule has 0 aliphatic carbocycles. The highest BCUT2D eigenvalue weighted by Gasteiger charge is 2.26.